The normalized spacial score (nSPS) is 13.2. The van der Waals surface area contributed by atoms with Crippen LogP contribution in [0.25, 0.3) is 0 Å². The van der Waals surface area contributed by atoms with Gasteiger partial charge in [-0.15, -0.1) is 0 Å². The van der Waals surface area contributed by atoms with Crippen LogP contribution in [0, 0.1) is 16.0 Å². The van der Waals surface area contributed by atoms with Crippen LogP contribution in [0.2, 0.25) is 0 Å². The number of anilines is 1. The highest BCUT2D eigenvalue weighted by Gasteiger charge is 2.21. The summed E-state index contributed by atoms with van der Waals surface area (Å²) in [7, 11) is -3.51. The summed E-state index contributed by atoms with van der Waals surface area (Å²) in [6.07, 6.45) is 0.990. The quantitative estimate of drug-likeness (QED) is 0.607. The van der Waals surface area contributed by atoms with Crippen LogP contribution in [-0.2, 0) is 9.84 Å². The highest BCUT2D eigenvalue weighted by molar-refractivity contribution is 7.90. The third kappa shape index (κ3) is 3.91. The van der Waals surface area contributed by atoms with E-state index in [1.165, 1.54) is 12.1 Å². The molecule has 0 saturated heterocycles. The molecule has 1 rings (SSSR count). The largest absolute Gasteiger partial charge is 0.394 e. The van der Waals surface area contributed by atoms with Crippen molar-refractivity contribution in [1.29, 1.82) is 0 Å². The summed E-state index contributed by atoms with van der Waals surface area (Å²) in [6.45, 7) is 3.55. The highest BCUT2D eigenvalue weighted by Crippen LogP contribution is 2.28. The van der Waals surface area contributed by atoms with Crippen molar-refractivity contribution < 1.29 is 18.4 Å². The third-order valence-electron chi connectivity index (χ3n) is 2.94. The zero-order chi connectivity index (χ0) is 15.5. The summed E-state index contributed by atoms with van der Waals surface area (Å²) in [5, 5.41) is 23.2. The van der Waals surface area contributed by atoms with Gasteiger partial charge >= 0.3 is 0 Å². The number of nitrogens with zero attached hydrogens (tertiary/aromatic N) is 1. The van der Waals surface area contributed by atoms with Gasteiger partial charge in [0.05, 0.1) is 22.5 Å². The van der Waals surface area contributed by atoms with E-state index in [2.05, 4.69) is 5.32 Å². The van der Waals surface area contributed by atoms with Gasteiger partial charge in [0, 0.05) is 12.3 Å². The first-order valence-electron chi connectivity index (χ1n) is 6.02. The lowest BCUT2D eigenvalue weighted by Gasteiger charge is -2.21. The predicted molar refractivity (Wildman–Crippen MR) is 75.5 cm³/mol. The lowest BCUT2D eigenvalue weighted by Crippen LogP contribution is -2.29. The Morgan fingerprint density at radius 3 is 2.40 bits per heavy atom. The van der Waals surface area contributed by atoms with Gasteiger partial charge in [-0.05, 0) is 18.1 Å². The van der Waals surface area contributed by atoms with E-state index in [0.717, 1.165) is 12.3 Å². The van der Waals surface area contributed by atoms with Crippen LogP contribution >= 0.6 is 0 Å². The van der Waals surface area contributed by atoms with E-state index in [1.54, 1.807) is 0 Å². The summed E-state index contributed by atoms with van der Waals surface area (Å²) in [5.74, 6) is 0.0641. The van der Waals surface area contributed by atoms with Gasteiger partial charge in [0.25, 0.3) is 5.69 Å². The monoisotopic (exact) mass is 302 g/mol. The molecule has 0 heterocycles. The molecule has 0 aliphatic heterocycles. The summed E-state index contributed by atoms with van der Waals surface area (Å²) in [5.41, 5.74) is -0.137. The molecule has 8 heteroatoms. The van der Waals surface area contributed by atoms with Crippen LogP contribution in [-0.4, -0.2) is 37.4 Å². The summed E-state index contributed by atoms with van der Waals surface area (Å²) in [4.78, 5) is 10.3. The van der Waals surface area contributed by atoms with Crippen molar-refractivity contribution >= 4 is 21.2 Å². The molecule has 1 atom stereocenters. The van der Waals surface area contributed by atoms with Crippen LogP contribution in [0.5, 0.6) is 0 Å². The number of sulfone groups is 1. The molecule has 0 saturated carbocycles. The van der Waals surface area contributed by atoms with Crippen molar-refractivity contribution in [3.8, 4) is 0 Å². The molecule has 0 aliphatic carbocycles. The molecule has 0 fully saturated rings. The summed E-state index contributed by atoms with van der Waals surface area (Å²) >= 11 is 0. The minimum atomic E-state index is -3.51. The van der Waals surface area contributed by atoms with Gasteiger partial charge < -0.3 is 10.4 Å². The van der Waals surface area contributed by atoms with Crippen LogP contribution in [0.3, 0.4) is 0 Å². The smallest absolute Gasteiger partial charge is 0.293 e. The van der Waals surface area contributed by atoms with E-state index in [-0.39, 0.29) is 34.8 Å². The van der Waals surface area contributed by atoms with Crippen LogP contribution < -0.4 is 5.32 Å². The van der Waals surface area contributed by atoms with E-state index in [4.69, 9.17) is 0 Å². The first kappa shape index (κ1) is 16.4. The molecule has 0 spiro atoms. The molecular formula is C12H18N2O5S. The molecule has 2 N–H and O–H groups in total. The second kappa shape index (κ2) is 6.19. The van der Waals surface area contributed by atoms with Crippen molar-refractivity contribution in [1.82, 2.24) is 0 Å². The second-order valence-electron chi connectivity index (χ2n) is 4.89. The molecule has 1 aromatic rings. The van der Waals surface area contributed by atoms with Crippen LogP contribution in [0.4, 0.5) is 11.4 Å². The van der Waals surface area contributed by atoms with Crippen molar-refractivity contribution in [2.45, 2.75) is 24.8 Å². The number of nitro benzene ring substituents is 1. The maximum Gasteiger partial charge on any atom is 0.293 e. The van der Waals surface area contributed by atoms with Gasteiger partial charge in [0.2, 0.25) is 0 Å². The lowest BCUT2D eigenvalue weighted by atomic mass is 10.0. The highest BCUT2D eigenvalue weighted by atomic mass is 32.2. The number of aliphatic hydroxyl groups is 1. The number of rotatable bonds is 6. The van der Waals surface area contributed by atoms with E-state index in [0.29, 0.717) is 0 Å². The Bertz CT molecular complexity index is 598. The Balaban J connectivity index is 3.24. The van der Waals surface area contributed by atoms with Gasteiger partial charge in [-0.25, -0.2) is 8.42 Å². The van der Waals surface area contributed by atoms with Crippen molar-refractivity contribution in [2.75, 3.05) is 18.2 Å². The molecule has 7 nitrogen and oxygen atoms in total. The number of aliphatic hydroxyl groups excluding tert-OH is 1. The predicted octanol–water partition coefficient (Wildman–Crippen LogP) is 1.43. The second-order valence-corrected chi connectivity index (χ2v) is 6.90. The Labute approximate surface area is 117 Å². The molecule has 0 bridgehead atoms. The van der Waals surface area contributed by atoms with Gasteiger partial charge in [0.15, 0.2) is 9.84 Å². The number of nitrogens with one attached hydrogen (secondary N) is 1. The number of hydrogen-bond acceptors (Lipinski definition) is 6. The van der Waals surface area contributed by atoms with Gasteiger partial charge in [0.1, 0.15) is 5.69 Å². The zero-order valence-corrected chi connectivity index (χ0v) is 12.3. The lowest BCUT2D eigenvalue weighted by molar-refractivity contribution is -0.384. The van der Waals surface area contributed by atoms with Gasteiger partial charge in [-0.2, -0.15) is 0 Å². The van der Waals surface area contributed by atoms with Crippen molar-refractivity contribution in [2.24, 2.45) is 5.92 Å². The minimum Gasteiger partial charge on any atom is -0.394 e. The maximum atomic E-state index is 11.4. The molecule has 0 aliphatic rings. The fourth-order valence-electron chi connectivity index (χ4n) is 1.64. The fraction of sp³-hybridized carbons (Fsp3) is 0.500. The minimum absolute atomic E-state index is 0.0641. The zero-order valence-electron chi connectivity index (χ0n) is 11.5. The molecule has 0 radical (unpaired) electrons. The maximum absolute atomic E-state index is 11.4. The van der Waals surface area contributed by atoms with Crippen molar-refractivity contribution in [3.63, 3.8) is 0 Å². The van der Waals surface area contributed by atoms with Crippen molar-refractivity contribution in [3.05, 3.63) is 28.3 Å². The SMILES string of the molecule is CC(C)[C@@H](CO)Nc1ccc(S(C)(=O)=O)cc1[N+](=O)[O-]. The Kier molecular flexibility index (Phi) is 5.07. The molecule has 1 aromatic carbocycles. The molecule has 20 heavy (non-hydrogen) atoms. The number of benzene rings is 1. The fourth-order valence-corrected chi connectivity index (χ4v) is 2.28. The first-order chi connectivity index (χ1) is 9.16. The third-order valence-corrected chi connectivity index (χ3v) is 4.05. The summed E-state index contributed by atoms with van der Waals surface area (Å²) in [6, 6.07) is 3.32. The van der Waals surface area contributed by atoms with Crippen LogP contribution in [0.1, 0.15) is 13.8 Å². The van der Waals surface area contributed by atoms with Crippen LogP contribution in [0.15, 0.2) is 23.1 Å². The van der Waals surface area contributed by atoms with Gasteiger partial charge in [-0.1, -0.05) is 13.8 Å². The molecular weight excluding hydrogens is 284 g/mol. The van der Waals surface area contributed by atoms with E-state index >= 15 is 0 Å². The van der Waals surface area contributed by atoms with E-state index in [1.807, 2.05) is 13.8 Å². The number of nitro groups is 1. The average molecular weight is 302 g/mol. The Morgan fingerprint density at radius 1 is 1.40 bits per heavy atom. The standard InChI is InChI=1S/C12H18N2O5S/c1-8(2)11(7-15)13-10-5-4-9(20(3,18)19)6-12(10)14(16)17/h4-6,8,11,13,15H,7H2,1-3H3/t11-/m1/s1. The van der Waals surface area contributed by atoms with E-state index < -0.39 is 14.8 Å². The Hall–Kier alpha value is -1.67. The Morgan fingerprint density at radius 2 is 2.00 bits per heavy atom. The van der Waals surface area contributed by atoms with Gasteiger partial charge in [-0.3, -0.25) is 10.1 Å². The summed E-state index contributed by atoms with van der Waals surface area (Å²) < 4.78 is 22.8. The molecule has 0 aromatic heterocycles. The first-order valence-corrected chi connectivity index (χ1v) is 7.92. The molecule has 0 amide bonds. The van der Waals surface area contributed by atoms with E-state index in [9.17, 15) is 23.6 Å². The average Bonchev–Trinajstić information content (AvgIpc) is 2.34. The number of hydrogen-bond donors (Lipinski definition) is 2. The molecule has 0 unspecified atom stereocenters. The molecule has 112 valence electrons. The topological polar surface area (TPSA) is 110 Å².